The molecule has 0 atom stereocenters. The van der Waals surface area contributed by atoms with E-state index in [-0.39, 0.29) is 5.91 Å². The second-order valence-corrected chi connectivity index (χ2v) is 4.92. The molecule has 1 aromatic carbocycles. The van der Waals surface area contributed by atoms with Gasteiger partial charge in [0.2, 0.25) is 0 Å². The number of hydrogen-bond donors (Lipinski definition) is 1. The largest absolute Gasteiger partial charge is 0.495 e. The quantitative estimate of drug-likeness (QED) is 0.872. The van der Waals surface area contributed by atoms with Crippen molar-refractivity contribution in [3.8, 4) is 5.75 Å². The smallest absolute Gasteiger partial charge is 0.254 e. The summed E-state index contributed by atoms with van der Waals surface area (Å²) >= 11 is 0. The van der Waals surface area contributed by atoms with Crippen molar-refractivity contribution >= 4 is 11.6 Å². The summed E-state index contributed by atoms with van der Waals surface area (Å²) in [5.74, 6) is 1.10. The molecule has 0 spiro atoms. The van der Waals surface area contributed by atoms with Crippen molar-refractivity contribution in [2.45, 2.75) is 20.4 Å². The number of carbonyl (C=O) groups is 1. The zero-order valence-electron chi connectivity index (χ0n) is 12.6. The molecule has 21 heavy (non-hydrogen) atoms. The number of nitrogens with two attached hydrogens (primary N) is 1. The molecule has 0 unspecified atom stereocenters. The fourth-order valence-electron chi connectivity index (χ4n) is 2.10. The van der Waals surface area contributed by atoms with Crippen molar-refractivity contribution in [2.75, 3.05) is 19.9 Å². The molecule has 0 radical (unpaired) electrons. The lowest BCUT2D eigenvalue weighted by atomic mass is 10.1. The van der Waals surface area contributed by atoms with Crippen molar-refractivity contribution in [3.05, 3.63) is 40.8 Å². The van der Waals surface area contributed by atoms with Crippen molar-refractivity contribution in [2.24, 2.45) is 0 Å². The van der Waals surface area contributed by atoms with Gasteiger partial charge in [0.25, 0.3) is 5.91 Å². The predicted octanol–water partition coefficient (Wildman–Crippen LogP) is 2.15. The first-order valence-electron chi connectivity index (χ1n) is 6.54. The van der Waals surface area contributed by atoms with Crippen molar-refractivity contribution in [1.29, 1.82) is 0 Å². The molecule has 2 N–H and O–H groups in total. The van der Waals surface area contributed by atoms with E-state index in [1.54, 1.807) is 30.1 Å². The monoisotopic (exact) mass is 289 g/mol. The van der Waals surface area contributed by atoms with Gasteiger partial charge in [0.15, 0.2) is 0 Å². The molecular formula is C15H19N3O3. The first kappa shape index (κ1) is 14.9. The maximum atomic E-state index is 12.5. The maximum Gasteiger partial charge on any atom is 0.254 e. The third kappa shape index (κ3) is 2.99. The van der Waals surface area contributed by atoms with Gasteiger partial charge in [-0.1, -0.05) is 5.16 Å². The van der Waals surface area contributed by atoms with E-state index in [0.29, 0.717) is 23.5 Å². The number of ether oxygens (including phenoxy) is 1. The van der Waals surface area contributed by atoms with Crippen LogP contribution in [-0.2, 0) is 6.54 Å². The average Bonchev–Trinajstić information content (AvgIpc) is 2.78. The summed E-state index contributed by atoms with van der Waals surface area (Å²) in [5.41, 5.74) is 8.50. The lowest BCUT2D eigenvalue weighted by Crippen LogP contribution is -2.26. The Kier molecular flexibility index (Phi) is 4.16. The van der Waals surface area contributed by atoms with Crippen LogP contribution in [0, 0.1) is 13.8 Å². The molecule has 0 bridgehead atoms. The van der Waals surface area contributed by atoms with Crippen molar-refractivity contribution in [3.63, 3.8) is 0 Å². The average molecular weight is 289 g/mol. The zero-order chi connectivity index (χ0) is 15.6. The molecule has 0 aliphatic rings. The van der Waals surface area contributed by atoms with Crippen LogP contribution in [0.25, 0.3) is 0 Å². The fraction of sp³-hybridized carbons (Fsp3) is 0.333. The normalized spacial score (nSPS) is 10.5. The summed E-state index contributed by atoms with van der Waals surface area (Å²) < 4.78 is 10.2. The first-order chi connectivity index (χ1) is 9.93. The van der Waals surface area contributed by atoms with E-state index in [2.05, 4.69) is 5.16 Å². The van der Waals surface area contributed by atoms with E-state index in [1.165, 1.54) is 7.11 Å². The van der Waals surface area contributed by atoms with E-state index in [9.17, 15) is 4.79 Å². The predicted molar refractivity (Wildman–Crippen MR) is 79.2 cm³/mol. The van der Waals surface area contributed by atoms with E-state index in [4.69, 9.17) is 15.0 Å². The van der Waals surface area contributed by atoms with Crippen LogP contribution in [-0.4, -0.2) is 30.1 Å². The van der Waals surface area contributed by atoms with Gasteiger partial charge in [-0.25, -0.2) is 0 Å². The molecular weight excluding hydrogens is 270 g/mol. The van der Waals surface area contributed by atoms with Crippen LogP contribution < -0.4 is 10.5 Å². The van der Waals surface area contributed by atoms with E-state index in [0.717, 1.165) is 17.0 Å². The number of aryl methyl sites for hydroxylation is 2. The number of nitrogen functional groups attached to an aromatic ring is 1. The molecule has 6 heteroatoms. The number of benzene rings is 1. The van der Waals surface area contributed by atoms with Crippen LogP contribution in [0.15, 0.2) is 22.7 Å². The summed E-state index contributed by atoms with van der Waals surface area (Å²) in [6, 6.07) is 4.99. The van der Waals surface area contributed by atoms with Crippen LogP contribution in [0.4, 0.5) is 5.69 Å². The Labute approximate surface area is 123 Å². The van der Waals surface area contributed by atoms with Crippen LogP contribution in [0.1, 0.15) is 27.4 Å². The number of rotatable bonds is 4. The molecule has 6 nitrogen and oxygen atoms in total. The Balaban J connectivity index is 2.20. The van der Waals surface area contributed by atoms with Gasteiger partial charge in [-0.2, -0.15) is 0 Å². The molecule has 0 saturated heterocycles. The highest BCUT2D eigenvalue weighted by Crippen LogP contribution is 2.23. The Bertz CT molecular complexity index is 645. The van der Waals surface area contributed by atoms with Crippen LogP contribution in [0.3, 0.4) is 0 Å². The third-order valence-corrected chi connectivity index (χ3v) is 3.40. The van der Waals surface area contributed by atoms with Crippen molar-refractivity contribution < 1.29 is 14.1 Å². The molecule has 1 heterocycles. The van der Waals surface area contributed by atoms with Gasteiger partial charge in [0, 0.05) is 18.2 Å². The van der Waals surface area contributed by atoms with Gasteiger partial charge < -0.3 is 19.9 Å². The summed E-state index contributed by atoms with van der Waals surface area (Å²) in [6.07, 6.45) is 0. The van der Waals surface area contributed by atoms with E-state index >= 15 is 0 Å². The Hall–Kier alpha value is -2.50. The number of hydrogen-bond acceptors (Lipinski definition) is 5. The number of anilines is 1. The minimum Gasteiger partial charge on any atom is -0.495 e. The number of methoxy groups -OCH3 is 1. The summed E-state index contributed by atoms with van der Waals surface area (Å²) in [6.45, 7) is 4.13. The highest BCUT2D eigenvalue weighted by Gasteiger charge is 2.17. The van der Waals surface area contributed by atoms with Gasteiger partial charge in [-0.3, -0.25) is 4.79 Å². The molecule has 2 aromatic rings. The molecule has 1 aromatic heterocycles. The van der Waals surface area contributed by atoms with Gasteiger partial charge in [0.1, 0.15) is 11.5 Å². The number of amides is 1. The highest BCUT2D eigenvalue weighted by molar-refractivity contribution is 5.95. The standard InChI is InChI=1S/C15H19N3O3/c1-9-12(10(2)21-17-9)8-18(3)15(19)11-5-6-13(16)14(7-11)20-4/h5-7H,8,16H2,1-4H3. The number of carbonyl (C=O) groups excluding carboxylic acids is 1. The summed E-state index contributed by atoms with van der Waals surface area (Å²) in [4.78, 5) is 14.1. The highest BCUT2D eigenvalue weighted by atomic mass is 16.5. The lowest BCUT2D eigenvalue weighted by Gasteiger charge is -2.17. The van der Waals surface area contributed by atoms with Crippen LogP contribution >= 0.6 is 0 Å². The van der Waals surface area contributed by atoms with Gasteiger partial charge in [-0.05, 0) is 32.0 Å². The Morgan fingerprint density at radius 2 is 2.14 bits per heavy atom. The minimum atomic E-state index is -0.117. The Morgan fingerprint density at radius 1 is 1.43 bits per heavy atom. The summed E-state index contributed by atoms with van der Waals surface area (Å²) in [7, 11) is 3.25. The second-order valence-electron chi connectivity index (χ2n) is 4.92. The van der Waals surface area contributed by atoms with Gasteiger partial charge in [0.05, 0.1) is 25.0 Å². The fourth-order valence-corrected chi connectivity index (χ4v) is 2.10. The molecule has 0 aliphatic heterocycles. The number of aromatic nitrogens is 1. The molecule has 1 amide bonds. The summed E-state index contributed by atoms with van der Waals surface area (Å²) in [5, 5.41) is 3.89. The SMILES string of the molecule is COc1cc(C(=O)N(C)Cc2c(C)noc2C)ccc1N. The lowest BCUT2D eigenvalue weighted by molar-refractivity contribution is 0.0784. The zero-order valence-corrected chi connectivity index (χ0v) is 12.6. The Morgan fingerprint density at radius 3 is 2.71 bits per heavy atom. The van der Waals surface area contributed by atoms with E-state index < -0.39 is 0 Å². The van der Waals surface area contributed by atoms with Crippen LogP contribution in [0.5, 0.6) is 5.75 Å². The first-order valence-corrected chi connectivity index (χ1v) is 6.54. The number of nitrogens with zero attached hydrogens (tertiary/aromatic N) is 2. The maximum absolute atomic E-state index is 12.5. The minimum absolute atomic E-state index is 0.117. The molecule has 0 saturated carbocycles. The van der Waals surface area contributed by atoms with Crippen molar-refractivity contribution in [1.82, 2.24) is 10.1 Å². The van der Waals surface area contributed by atoms with Gasteiger partial charge in [-0.15, -0.1) is 0 Å². The molecule has 0 fully saturated rings. The van der Waals surface area contributed by atoms with E-state index in [1.807, 2.05) is 13.8 Å². The molecule has 2 rings (SSSR count). The third-order valence-electron chi connectivity index (χ3n) is 3.40. The topological polar surface area (TPSA) is 81.6 Å². The molecule has 112 valence electrons. The van der Waals surface area contributed by atoms with Crippen LogP contribution in [0.2, 0.25) is 0 Å². The second kappa shape index (κ2) is 5.87. The molecule has 0 aliphatic carbocycles. The van der Waals surface area contributed by atoms with Gasteiger partial charge >= 0.3 is 0 Å².